The van der Waals surface area contributed by atoms with Crippen LogP contribution >= 0.6 is 0 Å². The maximum Gasteiger partial charge on any atom is 0.322 e. The van der Waals surface area contributed by atoms with Crippen LogP contribution in [0.2, 0.25) is 0 Å². The van der Waals surface area contributed by atoms with Crippen molar-refractivity contribution in [1.82, 2.24) is 14.7 Å². The maximum absolute atomic E-state index is 13.3. The minimum absolute atomic E-state index is 0.110. The molecular weight excluding hydrogens is 482 g/mol. The molecule has 2 N–H and O–H groups in total. The number of hydrogen-bond acceptors (Lipinski definition) is 5. The Labute approximate surface area is 225 Å². The first kappa shape index (κ1) is 28.6. The van der Waals surface area contributed by atoms with Gasteiger partial charge in [0.1, 0.15) is 23.9 Å². The minimum atomic E-state index is -0.354. The van der Waals surface area contributed by atoms with E-state index in [1.54, 1.807) is 43.2 Å². The highest BCUT2D eigenvalue weighted by Gasteiger charge is 2.23. The molecule has 204 valence electrons. The summed E-state index contributed by atoms with van der Waals surface area (Å²) in [5.74, 6) is 1.95. The molecule has 0 spiro atoms. The van der Waals surface area contributed by atoms with Gasteiger partial charge in [0, 0.05) is 29.8 Å². The van der Waals surface area contributed by atoms with Gasteiger partial charge in [0.25, 0.3) is 0 Å². The molecule has 9 heteroatoms. The number of anilines is 2. The van der Waals surface area contributed by atoms with Crippen molar-refractivity contribution in [2.75, 3.05) is 37.9 Å². The fourth-order valence-corrected chi connectivity index (χ4v) is 3.68. The molecule has 0 bridgehead atoms. The molecule has 38 heavy (non-hydrogen) atoms. The zero-order chi connectivity index (χ0) is 27.9. The van der Waals surface area contributed by atoms with Crippen molar-refractivity contribution < 1.29 is 19.1 Å². The summed E-state index contributed by atoms with van der Waals surface area (Å²) < 4.78 is 12.2. The Morgan fingerprint density at radius 2 is 1.66 bits per heavy atom. The Bertz CT molecular complexity index is 1230. The van der Waals surface area contributed by atoms with E-state index in [-0.39, 0.29) is 23.9 Å². The third-order valence-electron chi connectivity index (χ3n) is 5.98. The molecule has 1 heterocycles. The SMILES string of the molecule is COc1ccc(-n2nc(C(C)(C)C)cc2NC(=O)CN(CCC(C)C)C(=O)Nc2cccc(OC)c2)cc1. The van der Waals surface area contributed by atoms with Crippen LogP contribution in [-0.2, 0) is 10.2 Å². The topological polar surface area (TPSA) is 97.7 Å². The van der Waals surface area contributed by atoms with Crippen molar-refractivity contribution in [3.63, 3.8) is 0 Å². The molecule has 9 nitrogen and oxygen atoms in total. The lowest BCUT2D eigenvalue weighted by Gasteiger charge is -2.23. The van der Waals surface area contributed by atoms with E-state index < -0.39 is 0 Å². The fraction of sp³-hybridized carbons (Fsp3) is 0.414. The molecule has 0 unspecified atom stereocenters. The van der Waals surface area contributed by atoms with Crippen LogP contribution in [-0.4, -0.2) is 53.9 Å². The number of nitrogens with one attached hydrogen (secondary N) is 2. The molecule has 0 fully saturated rings. The van der Waals surface area contributed by atoms with Crippen LogP contribution in [0.5, 0.6) is 11.5 Å². The Morgan fingerprint density at radius 3 is 2.26 bits per heavy atom. The predicted octanol–water partition coefficient (Wildman–Crippen LogP) is 5.71. The van der Waals surface area contributed by atoms with E-state index in [2.05, 4.69) is 45.3 Å². The molecule has 1 aromatic heterocycles. The molecule has 3 aromatic rings. The first-order valence-electron chi connectivity index (χ1n) is 12.7. The fourth-order valence-electron chi connectivity index (χ4n) is 3.68. The molecule has 3 amide bonds. The van der Waals surface area contributed by atoms with Crippen molar-refractivity contribution >= 4 is 23.4 Å². The first-order chi connectivity index (χ1) is 18.0. The Balaban J connectivity index is 1.82. The van der Waals surface area contributed by atoms with Crippen molar-refractivity contribution in [2.45, 2.75) is 46.5 Å². The Hall–Kier alpha value is -4.01. The zero-order valence-corrected chi connectivity index (χ0v) is 23.4. The molecule has 0 radical (unpaired) electrons. The minimum Gasteiger partial charge on any atom is -0.497 e. The van der Waals surface area contributed by atoms with Gasteiger partial charge < -0.3 is 25.0 Å². The average Bonchev–Trinajstić information content (AvgIpc) is 3.30. The van der Waals surface area contributed by atoms with E-state index in [1.165, 1.54) is 4.90 Å². The summed E-state index contributed by atoms with van der Waals surface area (Å²) in [5.41, 5.74) is 1.98. The lowest BCUT2D eigenvalue weighted by atomic mass is 9.92. The maximum atomic E-state index is 13.3. The summed E-state index contributed by atoms with van der Waals surface area (Å²) >= 11 is 0. The van der Waals surface area contributed by atoms with Crippen LogP contribution in [0.25, 0.3) is 5.69 Å². The standard InChI is InChI=1S/C29H39N5O4/c1-20(2)15-16-33(28(36)30-21-9-8-10-24(17-21)38-7)19-27(35)31-26-18-25(29(3,4)5)32-34(26)22-11-13-23(37-6)14-12-22/h8-14,17-18,20H,15-16,19H2,1-7H3,(H,30,36)(H,31,35). The van der Waals surface area contributed by atoms with Crippen molar-refractivity contribution in [1.29, 1.82) is 0 Å². The van der Waals surface area contributed by atoms with Crippen molar-refractivity contribution in [3.05, 3.63) is 60.3 Å². The third kappa shape index (κ3) is 7.74. The Morgan fingerprint density at radius 1 is 0.974 bits per heavy atom. The molecule has 0 aliphatic carbocycles. The lowest BCUT2D eigenvalue weighted by Crippen LogP contribution is -2.41. The number of urea groups is 1. The molecular formula is C29H39N5O4. The average molecular weight is 522 g/mol. The van der Waals surface area contributed by atoms with Crippen molar-refractivity contribution in [2.24, 2.45) is 5.92 Å². The highest BCUT2D eigenvalue weighted by atomic mass is 16.5. The highest BCUT2D eigenvalue weighted by molar-refractivity contribution is 5.96. The van der Waals surface area contributed by atoms with E-state index >= 15 is 0 Å². The number of amides is 3. The van der Waals surface area contributed by atoms with Crippen LogP contribution in [0.15, 0.2) is 54.6 Å². The van der Waals surface area contributed by atoms with E-state index in [9.17, 15) is 9.59 Å². The summed E-state index contributed by atoms with van der Waals surface area (Å²) in [7, 11) is 3.18. The van der Waals surface area contributed by atoms with Crippen LogP contribution in [0.1, 0.15) is 46.7 Å². The second-order valence-corrected chi connectivity index (χ2v) is 10.6. The summed E-state index contributed by atoms with van der Waals surface area (Å²) in [6.45, 7) is 10.7. The molecule has 0 saturated carbocycles. The van der Waals surface area contributed by atoms with Gasteiger partial charge >= 0.3 is 6.03 Å². The summed E-state index contributed by atoms with van der Waals surface area (Å²) in [4.78, 5) is 27.9. The van der Waals surface area contributed by atoms with Crippen LogP contribution in [0.3, 0.4) is 0 Å². The largest absolute Gasteiger partial charge is 0.497 e. The highest BCUT2D eigenvalue weighted by Crippen LogP contribution is 2.27. The number of carbonyl (C=O) groups excluding carboxylic acids is 2. The number of methoxy groups -OCH3 is 2. The number of rotatable bonds is 10. The Kier molecular flexibility index (Phi) is 9.39. The lowest BCUT2D eigenvalue weighted by molar-refractivity contribution is -0.116. The van der Waals surface area contributed by atoms with Gasteiger partial charge in [-0.15, -0.1) is 0 Å². The van der Waals surface area contributed by atoms with Gasteiger partial charge in [-0.3, -0.25) is 4.79 Å². The number of hydrogen-bond donors (Lipinski definition) is 2. The van der Waals surface area contributed by atoms with Crippen LogP contribution in [0, 0.1) is 5.92 Å². The zero-order valence-electron chi connectivity index (χ0n) is 23.4. The number of aromatic nitrogens is 2. The van der Waals surface area contributed by atoms with E-state index in [4.69, 9.17) is 14.6 Å². The van der Waals surface area contributed by atoms with Gasteiger partial charge in [-0.1, -0.05) is 40.7 Å². The summed E-state index contributed by atoms with van der Waals surface area (Å²) in [6, 6.07) is 16.1. The molecule has 0 aliphatic heterocycles. The number of carbonyl (C=O) groups is 2. The van der Waals surface area contributed by atoms with Gasteiger partial charge in [0.15, 0.2) is 0 Å². The second kappa shape index (κ2) is 12.5. The summed E-state index contributed by atoms with van der Waals surface area (Å²) in [6.07, 6.45) is 0.761. The van der Waals surface area contributed by atoms with Gasteiger partial charge in [-0.25, -0.2) is 9.48 Å². The quantitative estimate of drug-likeness (QED) is 0.356. The molecule has 0 aliphatic rings. The molecule has 0 saturated heterocycles. The van der Waals surface area contributed by atoms with Gasteiger partial charge in [0.2, 0.25) is 5.91 Å². The van der Waals surface area contributed by atoms with Gasteiger partial charge in [-0.2, -0.15) is 5.10 Å². The van der Waals surface area contributed by atoms with Gasteiger partial charge in [-0.05, 0) is 48.7 Å². The van der Waals surface area contributed by atoms with E-state index in [1.807, 2.05) is 30.3 Å². The second-order valence-electron chi connectivity index (χ2n) is 10.6. The van der Waals surface area contributed by atoms with E-state index in [0.29, 0.717) is 29.7 Å². The number of benzene rings is 2. The molecule has 2 aromatic carbocycles. The third-order valence-corrected chi connectivity index (χ3v) is 5.98. The van der Waals surface area contributed by atoms with Crippen LogP contribution < -0.4 is 20.1 Å². The molecule has 0 atom stereocenters. The monoisotopic (exact) mass is 521 g/mol. The van der Waals surface area contributed by atoms with Crippen LogP contribution in [0.4, 0.5) is 16.3 Å². The predicted molar refractivity (Wildman–Crippen MR) is 150 cm³/mol. The van der Waals surface area contributed by atoms with Gasteiger partial charge in [0.05, 0.1) is 25.6 Å². The van der Waals surface area contributed by atoms with Crippen molar-refractivity contribution in [3.8, 4) is 17.2 Å². The normalized spacial score (nSPS) is 11.3. The first-order valence-corrected chi connectivity index (χ1v) is 12.7. The molecule has 3 rings (SSSR count). The number of ether oxygens (including phenoxy) is 2. The summed E-state index contributed by atoms with van der Waals surface area (Å²) in [5, 5.41) is 10.6. The van der Waals surface area contributed by atoms with E-state index in [0.717, 1.165) is 23.6 Å². The smallest absolute Gasteiger partial charge is 0.322 e. The number of nitrogens with zero attached hydrogens (tertiary/aromatic N) is 3.